The van der Waals surface area contributed by atoms with Gasteiger partial charge in [-0.05, 0) is 19.3 Å². The van der Waals surface area contributed by atoms with E-state index < -0.39 is 0 Å². The summed E-state index contributed by atoms with van der Waals surface area (Å²) in [7, 11) is 1.38. The Morgan fingerprint density at radius 3 is 2.85 bits per heavy atom. The third kappa shape index (κ3) is 3.22. The molecule has 0 saturated heterocycles. The summed E-state index contributed by atoms with van der Waals surface area (Å²) in [5, 5.41) is 1.91. The van der Waals surface area contributed by atoms with Crippen molar-refractivity contribution < 1.29 is 9.53 Å². The summed E-state index contributed by atoms with van der Waals surface area (Å²) in [4.78, 5) is 15.1. The van der Waals surface area contributed by atoms with Crippen LogP contribution in [0.2, 0.25) is 0 Å². The topological polar surface area (TPSA) is 38.7 Å². The molecule has 0 aromatic rings. The second-order valence-corrected chi connectivity index (χ2v) is 4.87. The monoisotopic (exact) mass is 199 g/mol. The van der Waals surface area contributed by atoms with Gasteiger partial charge in [0.1, 0.15) is 0 Å². The number of nitrogens with zero attached hydrogens (tertiary/aromatic N) is 1. The number of carbonyl (C=O) groups is 1. The lowest BCUT2D eigenvalue weighted by Crippen LogP contribution is -2.18. The molecule has 0 aromatic carbocycles. The third-order valence-corrected chi connectivity index (χ3v) is 2.70. The van der Waals surface area contributed by atoms with Crippen LogP contribution < -0.4 is 0 Å². The molecule has 0 atom stereocenters. The molecule has 72 valence electrons. The van der Waals surface area contributed by atoms with E-state index in [-0.39, 0.29) is 17.1 Å². The summed E-state index contributed by atoms with van der Waals surface area (Å²) in [5.41, 5.74) is 0.774. The average Bonchev–Trinajstić information content (AvgIpc) is 2.08. The van der Waals surface area contributed by atoms with Gasteiger partial charge in [-0.2, -0.15) is 0 Å². The molecule has 0 N–H and O–H groups in total. The highest BCUT2D eigenvalue weighted by Crippen LogP contribution is 2.29. The fourth-order valence-corrected chi connectivity index (χ4v) is 1.52. The first kappa shape index (κ1) is 10.3. The summed E-state index contributed by atoms with van der Waals surface area (Å²) in [6, 6.07) is 0. The Bertz CT molecular complexity index is 269. The van der Waals surface area contributed by atoms with E-state index in [0.29, 0.717) is 0 Å². The molecule has 0 fully saturated rings. The molecule has 1 aliphatic rings. The van der Waals surface area contributed by atoms with Gasteiger partial charge in [0.2, 0.25) is 0 Å². The van der Waals surface area contributed by atoms with E-state index in [9.17, 15) is 4.79 Å². The zero-order valence-electron chi connectivity index (χ0n) is 8.03. The highest BCUT2D eigenvalue weighted by molar-refractivity contribution is 8.04. The van der Waals surface area contributed by atoms with Gasteiger partial charge in [0.05, 0.1) is 19.2 Å². The molecule has 1 aliphatic heterocycles. The van der Waals surface area contributed by atoms with Gasteiger partial charge in [-0.15, -0.1) is 11.8 Å². The molecule has 3 nitrogen and oxygen atoms in total. The lowest BCUT2D eigenvalue weighted by Gasteiger charge is -2.20. The Morgan fingerprint density at radius 1 is 1.69 bits per heavy atom. The number of ether oxygens (including phenoxy) is 1. The van der Waals surface area contributed by atoms with E-state index in [2.05, 4.69) is 23.6 Å². The largest absolute Gasteiger partial charge is 0.469 e. The minimum atomic E-state index is -0.247. The molecule has 0 aliphatic carbocycles. The molecular weight excluding hydrogens is 186 g/mol. The van der Waals surface area contributed by atoms with Crippen LogP contribution in [0.4, 0.5) is 0 Å². The Morgan fingerprint density at radius 2 is 2.38 bits per heavy atom. The summed E-state index contributed by atoms with van der Waals surface area (Å²) >= 11 is 1.66. The summed E-state index contributed by atoms with van der Waals surface area (Å²) < 4.78 is 4.58. The quantitative estimate of drug-likeness (QED) is 0.638. The first-order valence-electron chi connectivity index (χ1n) is 4.02. The zero-order valence-corrected chi connectivity index (χ0v) is 8.85. The molecule has 0 spiro atoms. The molecule has 0 amide bonds. The van der Waals surface area contributed by atoms with Gasteiger partial charge in [-0.1, -0.05) is 0 Å². The Labute approximate surface area is 82.3 Å². The van der Waals surface area contributed by atoms with Crippen molar-refractivity contribution in [2.24, 2.45) is 4.99 Å². The van der Waals surface area contributed by atoms with Crippen molar-refractivity contribution in [3.05, 3.63) is 11.1 Å². The van der Waals surface area contributed by atoms with Gasteiger partial charge in [0.15, 0.2) is 0 Å². The number of esters is 1. The lowest BCUT2D eigenvalue weighted by atomic mass is 10.2. The highest BCUT2D eigenvalue weighted by atomic mass is 32.2. The number of hydrogen-bond donors (Lipinski definition) is 0. The molecule has 0 saturated carbocycles. The normalized spacial score (nSPS) is 19.5. The molecular formula is C9H13NO2S. The Kier molecular flexibility index (Phi) is 3.14. The van der Waals surface area contributed by atoms with Gasteiger partial charge in [0, 0.05) is 11.0 Å². The van der Waals surface area contributed by atoms with Gasteiger partial charge in [0.25, 0.3) is 0 Å². The predicted octanol–water partition coefficient (Wildman–Crippen LogP) is 1.99. The van der Waals surface area contributed by atoms with E-state index in [1.54, 1.807) is 11.8 Å². The average molecular weight is 199 g/mol. The second kappa shape index (κ2) is 3.96. The maximum Gasteiger partial charge on any atom is 0.311 e. The van der Waals surface area contributed by atoms with Gasteiger partial charge in [-0.25, -0.2) is 0 Å². The SMILES string of the molecule is COC(=O)CC1=CSC(C)(C)C=N1. The van der Waals surface area contributed by atoms with Crippen molar-refractivity contribution in [2.75, 3.05) is 7.11 Å². The number of aliphatic imine (C=N–C) groups is 1. The van der Waals surface area contributed by atoms with Crippen LogP contribution in [0.25, 0.3) is 0 Å². The number of methoxy groups -OCH3 is 1. The smallest absolute Gasteiger partial charge is 0.311 e. The first-order chi connectivity index (χ1) is 6.03. The fraction of sp³-hybridized carbons (Fsp3) is 0.556. The van der Waals surface area contributed by atoms with Crippen LogP contribution in [0.5, 0.6) is 0 Å². The van der Waals surface area contributed by atoms with Crippen molar-refractivity contribution in [3.63, 3.8) is 0 Å². The number of rotatable bonds is 2. The van der Waals surface area contributed by atoms with Crippen molar-refractivity contribution in [1.29, 1.82) is 0 Å². The minimum absolute atomic E-state index is 0.0413. The maximum atomic E-state index is 10.9. The molecule has 1 rings (SSSR count). The number of thioether (sulfide) groups is 1. The summed E-state index contributed by atoms with van der Waals surface area (Å²) in [6.45, 7) is 4.15. The van der Waals surface area contributed by atoms with E-state index in [1.165, 1.54) is 7.11 Å². The first-order valence-corrected chi connectivity index (χ1v) is 4.90. The molecule has 13 heavy (non-hydrogen) atoms. The molecule has 0 unspecified atom stereocenters. The van der Waals surface area contributed by atoms with E-state index in [1.807, 2.05) is 11.6 Å². The maximum absolute atomic E-state index is 10.9. The predicted molar refractivity (Wildman–Crippen MR) is 54.9 cm³/mol. The summed E-state index contributed by atoms with van der Waals surface area (Å²) in [6.07, 6.45) is 2.12. The number of carbonyl (C=O) groups excluding carboxylic acids is 1. The number of hydrogen-bond acceptors (Lipinski definition) is 4. The lowest BCUT2D eigenvalue weighted by molar-refractivity contribution is -0.139. The van der Waals surface area contributed by atoms with E-state index in [4.69, 9.17) is 0 Å². The zero-order chi connectivity index (χ0) is 9.90. The molecule has 1 heterocycles. The Balaban J connectivity index is 2.53. The summed E-state index contributed by atoms with van der Waals surface area (Å²) in [5.74, 6) is -0.247. The van der Waals surface area contributed by atoms with Gasteiger partial charge < -0.3 is 4.74 Å². The van der Waals surface area contributed by atoms with Crippen molar-refractivity contribution in [1.82, 2.24) is 0 Å². The molecule has 0 bridgehead atoms. The van der Waals surface area contributed by atoms with Crippen molar-refractivity contribution in [2.45, 2.75) is 25.0 Å². The highest BCUT2D eigenvalue weighted by Gasteiger charge is 2.19. The van der Waals surface area contributed by atoms with Crippen LogP contribution in [0.3, 0.4) is 0 Å². The van der Waals surface area contributed by atoms with Crippen molar-refractivity contribution in [3.8, 4) is 0 Å². The second-order valence-electron chi connectivity index (χ2n) is 3.34. The van der Waals surface area contributed by atoms with Crippen LogP contribution in [-0.4, -0.2) is 24.0 Å². The van der Waals surface area contributed by atoms with Crippen LogP contribution in [0.1, 0.15) is 20.3 Å². The Hall–Kier alpha value is -0.770. The van der Waals surface area contributed by atoms with E-state index >= 15 is 0 Å². The fourth-order valence-electron chi connectivity index (χ4n) is 0.826. The third-order valence-electron chi connectivity index (χ3n) is 1.59. The minimum Gasteiger partial charge on any atom is -0.469 e. The van der Waals surface area contributed by atoms with Crippen LogP contribution >= 0.6 is 11.8 Å². The van der Waals surface area contributed by atoms with E-state index in [0.717, 1.165) is 5.70 Å². The van der Waals surface area contributed by atoms with Crippen LogP contribution in [-0.2, 0) is 9.53 Å². The standard InChI is InChI=1S/C9H13NO2S/c1-9(2)6-10-7(5-13-9)4-8(11)12-3/h5-6H,4H2,1-3H3. The van der Waals surface area contributed by atoms with Gasteiger partial charge >= 0.3 is 5.97 Å². The molecule has 0 aromatic heterocycles. The van der Waals surface area contributed by atoms with Gasteiger partial charge in [-0.3, -0.25) is 9.79 Å². The van der Waals surface area contributed by atoms with Crippen molar-refractivity contribution >= 4 is 23.9 Å². The molecule has 4 heteroatoms. The van der Waals surface area contributed by atoms with Crippen LogP contribution in [0, 0.1) is 0 Å². The molecule has 0 radical (unpaired) electrons. The van der Waals surface area contributed by atoms with Crippen LogP contribution in [0.15, 0.2) is 16.1 Å².